The number of hydrogen-bond donors (Lipinski definition) is 1. The topological polar surface area (TPSA) is 65.0 Å². The molecule has 1 aliphatic heterocycles. The second-order valence-corrected chi connectivity index (χ2v) is 7.98. The summed E-state index contributed by atoms with van der Waals surface area (Å²) in [6, 6.07) is 17.7. The lowest BCUT2D eigenvalue weighted by Gasteiger charge is -2.26. The summed E-state index contributed by atoms with van der Waals surface area (Å²) in [5.41, 5.74) is 4.29. The molecule has 1 aromatic heterocycles. The number of rotatable bonds is 8. The van der Waals surface area contributed by atoms with Crippen molar-refractivity contribution in [3.63, 3.8) is 0 Å². The van der Waals surface area contributed by atoms with Gasteiger partial charge in [-0.1, -0.05) is 30.3 Å². The predicted octanol–water partition coefficient (Wildman–Crippen LogP) is 3.53. The smallest absolute Gasteiger partial charge is 0.253 e. The molecule has 0 atom stereocenters. The monoisotopic (exact) mass is 449 g/mol. The minimum atomic E-state index is -0.0795. The molecule has 2 heterocycles. The van der Waals surface area contributed by atoms with Crippen LogP contribution >= 0.6 is 0 Å². The van der Waals surface area contributed by atoms with E-state index in [4.69, 9.17) is 14.2 Å². The van der Waals surface area contributed by atoms with Gasteiger partial charge in [-0.3, -0.25) is 9.69 Å². The van der Waals surface area contributed by atoms with Gasteiger partial charge in [0.2, 0.25) is 0 Å². The molecule has 0 unspecified atom stereocenters. The molecular weight excluding hydrogens is 418 g/mol. The molecule has 1 amide bonds. The Morgan fingerprint density at radius 2 is 1.79 bits per heavy atom. The number of carbonyl (C=O) groups is 1. The van der Waals surface area contributed by atoms with Gasteiger partial charge < -0.3 is 24.1 Å². The highest BCUT2D eigenvalue weighted by Gasteiger charge is 2.22. The summed E-state index contributed by atoms with van der Waals surface area (Å²) in [6.07, 6.45) is 0. The van der Waals surface area contributed by atoms with Crippen LogP contribution in [-0.4, -0.2) is 69.0 Å². The first kappa shape index (κ1) is 22.9. The van der Waals surface area contributed by atoms with Crippen molar-refractivity contribution < 1.29 is 19.0 Å². The minimum Gasteiger partial charge on any atom is -0.497 e. The molecule has 33 heavy (non-hydrogen) atoms. The van der Waals surface area contributed by atoms with Crippen LogP contribution in [0.25, 0.3) is 16.9 Å². The number of nitrogens with one attached hydrogen (secondary N) is 1. The zero-order valence-electron chi connectivity index (χ0n) is 19.5. The number of benzene rings is 2. The SMILES string of the molecule is COc1ccc(-n2c(-c3ccccc3)cc(C(=O)NCCN3CCOCC3)c2C)c(OC)c1. The molecule has 174 valence electrons. The van der Waals surface area contributed by atoms with Crippen LogP contribution in [0.15, 0.2) is 54.6 Å². The van der Waals surface area contributed by atoms with Crippen LogP contribution in [0.4, 0.5) is 0 Å². The Hall–Kier alpha value is -3.29. The average Bonchev–Trinajstić information content (AvgIpc) is 3.21. The summed E-state index contributed by atoms with van der Waals surface area (Å²) in [5.74, 6) is 1.30. The number of hydrogen-bond acceptors (Lipinski definition) is 5. The lowest BCUT2D eigenvalue weighted by Crippen LogP contribution is -2.41. The Kier molecular flexibility index (Phi) is 7.32. The van der Waals surface area contributed by atoms with Crippen molar-refractivity contribution in [1.29, 1.82) is 0 Å². The summed E-state index contributed by atoms with van der Waals surface area (Å²) < 4.78 is 18.5. The summed E-state index contributed by atoms with van der Waals surface area (Å²) in [7, 11) is 3.27. The van der Waals surface area contributed by atoms with Crippen molar-refractivity contribution >= 4 is 5.91 Å². The van der Waals surface area contributed by atoms with Crippen LogP contribution < -0.4 is 14.8 Å². The van der Waals surface area contributed by atoms with E-state index in [0.29, 0.717) is 23.6 Å². The normalized spacial score (nSPS) is 14.2. The summed E-state index contributed by atoms with van der Waals surface area (Å²) in [5, 5.41) is 3.09. The zero-order chi connectivity index (χ0) is 23.2. The van der Waals surface area contributed by atoms with E-state index in [9.17, 15) is 4.79 Å². The summed E-state index contributed by atoms with van der Waals surface area (Å²) in [6.45, 7) is 6.68. The summed E-state index contributed by atoms with van der Waals surface area (Å²) in [4.78, 5) is 15.5. The number of ether oxygens (including phenoxy) is 3. The maximum atomic E-state index is 13.2. The largest absolute Gasteiger partial charge is 0.497 e. The summed E-state index contributed by atoms with van der Waals surface area (Å²) >= 11 is 0. The third-order valence-electron chi connectivity index (χ3n) is 6.01. The molecule has 7 heteroatoms. The van der Waals surface area contributed by atoms with Gasteiger partial charge in [-0.25, -0.2) is 0 Å². The molecule has 1 N–H and O–H groups in total. The third-order valence-corrected chi connectivity index (χ3v) is 6.01. The van der Waals surface area contributed by atoms with Gasteiger partial charge in [0.15, 0.2) is 0 Å². The van der Waals surface area contributed by atoms with Gasteiger partial charge >= 0.3 is 0 Å². The molecule has 0 spiro atoms. The lowest BCUT2D eigenvalue weighted by atomic mass is 10.1. The fourth-order valence-electron chi connectivity index (χ4n) is 4.19. The van der Waals surface area contributed by atoms with E-state index in [1.807, 2.05) is 61.5 Å². The quantitative estimate of drug-likeness (QED) is 0.570. The average molecular weight is 450 g/mol. The molecule has 0 radical (unpaired) electrons. The van der Waals surface area contributed by atoms with E-state index in [-0.39, 0.29) is 5.91 Å². The third kappa shape index (κ3) is 5.05. The minimum absolute atomic E-state index is 0.0795. The second kappa shape index (κ2) is 10.6. The Morgan fingerprint density at radius 1 is 1.03 bits per heavy atom. The maximum Gasteiger partial charge on any atom is 0.253 e. The first-order valence-electron chi connectivity index (χ1n) is 11.2. The highest BCUT2D eigenvalue weighted by Crippen LogP contribution is 2.35. The Labute approximate surface area is 194 Å². The number of carbonyl (C=O) groups excluding carboxylic acids is 1. The van der Waals surface area contributed by atoms with Crippen LogP contribution in [-0.2, 0) is 4.74 Å². The Balaban J connectivity index is 1.67. The van der Waals surface area contributed by atoms with Gasteiger partial charge in [0.1, 0.15) is 11.5 Å². The maximum absolute atomic E-state index is 13.2. The van der Waals surface area contributed by atoms with Crippen molar-refractivity contribution in [3.8, 4) is 28.4 Å². The van der Waals surface area contributed by atoms with E-state index in [0.717, 1.165) is 55.5 Å². The molecule has 0 aliphatic carbocycles. The van der Waals surface area contributed by atoms with Crippen molar-refractivity contribution in [2.45, 2.75) is 6.92 Å². The van der Waals surface area contributed by atoms with E-state index in [1.165, 1.54) is 0 Å². The van der Waals surface area contributed by atoms with Gasteiger partial charge in [-0.2, -0.15) is 0 Å². The molecule has 3 aromatic rings. The van der Waals surface area contributed by atoms with Gasteiger partial charge in [0.05, 0.1) is 44.4 Å². The number of aromatic nitrogens is 1. The molecule has 1 fully saturated rings. The standard InChI is InChI=1S/C26H31N3O4/c1-19-22(26(30)27-11-12-28-13-15-33-16-14-28)18-24(20-7-5-4-6-8-20)29(19)23-10-9-21(31-2)17-25(23)32-3/h4-10,17-18H,11-16H2,1-3H3,(H,27,30). The van der Waals surface area contributed by atoms with Crippen molar-refractivity contribution in [2.75, 3.05) is 53.6 Å². The highest BCUT2D eigenvalue weighted by molar-refractivity contribution is 5.97. The zero-order valence-corrected chi connectivity index (χ0v) is 19.5. The molecule has 2 aromatic carbocycles. The number of morpholine rings is 1. The molecule has 7 nitrogen and oxygen atoms in total. The first-order chi connectivity index (χ1) is 16.1. The van der Waals surface area contributed by atoms with Crippen LogP contribution in [0.5, 0.6) is 11.5 Å². The van der Waals surface area contributed by atoms with Gasteiger partial charge in [0, 0.05) is 37.9 Å². The van der Waals surface area contributed by atoms with E-state index >= 15 is 0 Å². The Morgan fingerprint density at radius 3 is 2.48 bits per heavy atom. The van der Waals surface area contributed by atoms with Crippen molar-refractivity contribution in [1.82, 2.24) is 14.8 Å². The molecule has 4 rings (SSSR count). The number of methoxy groups -OCH3 is 2. The molecular formula is C26H31N3O4. The van der Waals surface area contributed by atoms with E-state index < -0.39 is 0 Å². The van der Waals surface area contributed by atoms with Gasteiger partial charge in [-0.05, 0) is 30.7 Å². The first-order valence-corrected chi connectivity index (χ1v) is 11.2. The lowest BCUT2D eigenvalue weighted by molar-refractivity contribution is 0.0383. The predicted molar refractivity (Wildman–Crippen MR) is 129 cm³/mol. The van der Waals surface area contributed by atoms with Crippen molar-refractivity contribution in [3.05, 3.63) is 65.9 Å². The number of nitrogens with zero attached hydrogens (tertiary/aromatic N) is 2. The molecule has 0 bridgehead atoms. The fraction of sp³-hybridized carbons (Fsp3) is 0.346. The van der Waals surface area contributed by atoms with Crippen LogP contribution in [0, 0.1) is 6.92 Å². The van der Waals surface area contributed by atoms with E-state index in [2.05, 4.69) is 14.8 Å². The molecule has 1 saturated heterocycles. The van der Waals surface area contributed by atoms with E-state index in [1.54, 1.807) is 14.2 Å². The molecule has 1 aliphatic rings. The number of amides is 1. The highest BCUT2D eigenvalue weighted by atomic mass is 16.5. The van der Waals surface area contributed by atoms with Gasteiger partial charge in [-0.15, -0.1) is 0 Å². The van der Waals surface area contributed by atoms with Gasteiger partial charge in [0.25, 0.3) is 5.91 Å². The fourth-order valence-corrected chi connectivity index (χ4v) is 4.19. The molecule has 0 saturated carbocycles. The van der Waals surface area contributed by atoms with Crippen LogP contribution in [0.2, 0.25) is 0 Å². The van der Waals surface area contributed by atoms with Crippen LogP contribution in [0.3, 0.4) is 0 Å². The van der Waals surface area contributed by atoms with Crippen molar-refractivity contribution in [2.24, 2.45) is 0 Å². The Bertz CT molecular complexity index is 1090. The van der Waals surface area contributed by atoms with Crippen LogP contribution in [0.1, 0.15) is 16.1 Å². The second-order valence-electron chi connectivity index (χ2n) is 7.98.